The largest absolute Gasteiger partial charge is 0.336 e. The fraction of sp³-hybridized carbons (Fsp3) is 0.150. The molecule has 0 aliphatic heterocycles. The fourth-order valence-electron chi connectivity index (χ4n) is 2.51. The summed E-state index contributed by atoms with van der Waals surface area (Å²) in [4.78, 5) is 25.8. The minimum Gasteiger partial charge on any atom is -0.336 e. The Bertz CT molecular complexity index is 875. The van der Waals surface area contributed by atoms with Gasteiger partial charge in [-0.15, -0.1) is 0 Å². The van der Waals surface area contributed by atoms with Gasteiger partial charge in [0.1, 0.15) is 0 Å². The molecule has 0 aliphatic rings. The molecule has 3 rings (SSSR count). The molecule has 0 saturated heterocycles. The second-order valence-electron chi connectivity index (χ2n) is 5.97. The summed E-state index contributed by atoms with van der Waals surface area (Å²) < 4.78 is 1.73. The van der Waals surface area contributed by atoms with Crippen LogP contribution < -0.4 is 5.32 Å². The lowest BCUT2D eigenvalue weighted by molar-refractivity contribution is -0.132. The zero-order chi connectivity index (χ0) is 18.4. The molecule has 0 bridgehead atoms. The average molecular weight is 348 g/mol. The molecule has 0 unspecified atom stereocenters. The number of para-hydroxylation sites is 2. The van der Waals surface area contributed by atoms with Crippen LogP contribution in [0.5, 0.6) is 0 Å². The van der Waals surface area contributed by atoms with Crippen molar-refractivity contribution < 1.29 is 9.59 Å². The maximum atomic E-state index is 12.4. The number of carbonyl (C=O) groups is 2. The number of hydrogen-bond donors (Lipinski definition) is 1. The van der Waals surface area contributed by atoms with Crippen molar-refractivity contribution in [2.45, 2.75) is 6.42 Å². The third-order valence-corrected chi connectivity index (χ3v) is 3.88. The van der Waals surface area contributed by atoms with Crippen LogP contribution in [-0.2, 0) is 16.0 Å². The van der Waals surface area contributed by atoms with E-state index in [0.29, 0.717) is 5.69 Å². The van der Waals surface area contributed by atoms with Gasteiger partial charge in [-0.05, 0) is 29.8 Å². The zero-order valence-corrected chi connectivity index (χ0v) is 14.5. The predicted molar refractivity (Wildman–Crippen MR) is 100.0 cm³/mol. The lowest BCUT2D eigenvalue weighted by Gasteiger charge is -2.16. The van der Waals surface area contributed by atoms with Gasteiger partial charge < -0.3 is 10.2 Å². The van der Waals surface area contributed by atoms with Crippen LogP contribution in [0.2, 0.25) is 0 Å². The van der Waals surface area contributed by atoms with E-state index < -0.39 is 0 Å². The van der Waals surface area contributed by atoms with Crippen LogP contribution in [0.1, 0.15) is 5.56 Å². The van der Waals surface area contributed by atoms with Gasteiger partial charge in [0.2, 0.25) is 11.8 Å². The summed E-state index contributed by atoms with van der Waals surface area (Å²) in [7, 11) is 1.62. The second-order valence-corrected chi connectivity index (χ2v) is 5.97. The highest BCUT2D eigenvalue weighted by Crippen LogP contribution is 2.09. The van der Waals surface area contributed by atoms with E-state index in [4.69, 9.17) is 0 Å². The molecule has 2 amide bonds. The van der Waals surface area contributed by atoms with Gasteiger partial charge >= 0.3 is 0 Å². The Balaban J connectivity index is 1.54. The molecule has 6 nitrogen and oxygen atoms in total. The average Bonchev–Trinajstić information content (AvgIpc) is 3.11. The van der Waals surface area contributed by atoms with E-state index in [-0.39, 0.29) is 24.8 Å². The molecule has 0 saturated carbocycles. The Morgan fingerprint density at radius 1 is 1.04 bits per heavy atom. The van der Waals surface area contributed by atoms with Gasteiger partial charge in [0.15, 0.2) is 0 Å². The monoisotopic (exact) mass is 348 g/mol. The molecule has 1 aromatic heterocycles. The summed E-state index contributed by atoms with van der Waals surface area (Å²) in [5.41, 5.74) is 2.44. The number of anilines is 1. The molecule has 1 N–H and O–H groups in total. The van der Waals surface area contributed by atoms with Crippen LogP contribution in [0, 0.1) is 0 Å². The van der Waals surface area contributed by atoms with Crippen LogP contribution in [0.4, 0.5) is 5.69 Å². The van der Waals surface area contributed by atoms with Crippen LogP contribution in [-0.4, -0.2) is 40.1 Å². The Morgan fingerprint density at radius 2 is 1.69 bits per heavy atom. The number of hydrogen-bond acceptors (Lipinski definition) is 3. The number of likely N-dealkylation sites (N-methyl/N-ethyl adjacent to an activating group) is 1. The lowest BCUT2D eigenvalue weighted by atomic mass is 10.2. The van der Waals surface area contributed by atoms with Crippen molar-refractivity contribution in [1.82, 2.24) is 14.7 Å². The Hall–Kier alpha value is -3.41. The number of nitrogens with zero attached hydrogens (tertiary/aromatic N) is 3. The molecule has 132 valence electrons. The molecule has 6 heteroatoms. The molecular formula is C20H20N4O2. The molecule has 0 fully saturated rings. The third kappa shape index (κ3) is 4.57. The van der Waals surface area contributed by atoms with Crippen LogP contribution in [0.25, 0.3) is 5.69 Å². The standard InChI is InChI=1S/C20H20N4O2/c1-23(15-19(25)22-17-8-4-2-5-9-17)20(26)12-16-13-21-24(14-16)18-10-6-3-7-11-18/h2-11,13-14H,12,15H2,1H3,(H,22,25). The number of nitrogens with one attached hydrogen (secondary N) is 1. The summed E-state index contributed by atoms with van der Waals surface area (Å²) in [6, 6.07) is 18.9. The smallest absolute Gasteiger partial charge is 0.243 e. The summed E-state index contributed by atoms with van der Waals surface area (Å²) in [5, 5.41) is 7.05. The summed E-state index contributed by atoms with van der Waals surface area (Å²) in [5.74, 6) is -0.368. The zero-order valence-electron chi connectivity index (χ0n) is 14.5. The first-order valence-electron chi connectivity index (χ1n) is 8.29. The number of aromatic nitrogens is 2. The highest BCUT2D eigenvalue weighted by atomic mass is 16.2. The maximum absolute atomic E-state index is 12.4. The SMILES string of the molecule is CN(CC(=O)Nc1ccccc1)C(=O)Cc1cnn(-c2ccccc2)c1. The third-order valence-electron chi connectivity index (χ3n) is 3.88. The molecule has 0 atom stereocenters. The van der Waals surface area contributed by atoms with E-state index in [2.05, 4.69) is 10.4 Å². The van der Waals surface area contributed by atoms with Crippen LogP contribution >= 0.6 is 0 Å². The van der Waals surface area contributed by atoms with Crippen molar-refractivity contribution in [3.05, 3.63) is 78.6 Å². The molecule has 0 radical (unpaired) electrons. The molecule has 0 spiro atoms. The van der Waals surface area contributed by atoms with Crippen molar-refractivity contribution in [1.29, 1.82) is 0 Å². The van der Waals surface area contributed by atoms with Gasteiger partial charge in [-0.25, -0.2) is 4.68 Å². The second kappa shape index (κ2) is 8.11. The number of rotatable bonds is 6. The van der Waals surface area contributed by atoms with Gasteiger partial charge in [-0.2, -0.15) is 5.10 Å². The summed E-state index contributed by atoms with van der Waals surface area (Å²) >= 11 is 0. The Morgan fingerprint density at radius 3 is 2.38 bits per heavy atom. The Kier molecular flexibility index (Phi) is 5.43. The van der Waals surface area contributed by atoms with Crippen LogP contribution in [0.3, 0.4) is 0 Å². The number of amides is 2. The van der Waals surface area contributed by atoms with Crippen molar-refractivity contribution in [2.24, 2.45) is 0 Å². The molecule has 26 heavy (non-hydrogen) atoms. The summed E-state index contributed by atoms with van der Waals surface area (Å²) in [6.07, 6.45) is 3.69. The first-order valence-corrected chi connectivity index (χ1v) is 8.29. The number of benzene rings is 2. The highest BCUT2D eigenvalue weighted by Gasteiger charge is 2.14. The minimum atomic E-state index is -0.230. The molecule has 1 heterocycles. The first-order chi connectivity index (χ1) is 12.6. The van der Waals surface area contributed by atoms with E-state index in [0.717, 1.165) is 11.3 Å². The number of carbonyl (C=O) groups excluding carboxylic acids is 2. The summed E-state index contributed by atoms with van der Waals surface area (Å²) in [6.45, 7) is 0.000546. The van der Waals surface area contributed by atoms with Gasteiger partial charge in [-0.1, -0.05) is 36.4 Å². The first kappa shape index (κ1) is 17.4. The van der Waals surface area contributed by atoms with E-state index in [9.17, 15) is 9.59 Å². The predicted octanol–water partition coefficient (Wildman–Crippen LogP) is 2.51. The molecule has 2 aromatic carbocycles. The van der Waals surface area contributed by atoms with Gasteiger partial charge in [0.05, 0.1) is 24.8 Å². The van der Waals surface area contributed by atoms with Gasteiger partial charge in [-0.3, -0.25) is 9.59 Å². The fourth-order valence-corrected chi connectivity index (χ4v) is 2.51. The Labute approximate surface area is 152 Å². The van der Waals surface area contributed by atoms with E-state index >= 15 is 0 Å². The van der Waals surface area contributed by atoms with Gasteiger partial charge in [0.25, 0.3) is 0 Å². The van der Waals surface area contributed by atoms with Crippen molar-refractivity contribution >= 4 is 17.5 Å². The minimum absolute atomic E-state index is 0.000546. The van der Waals surface area contributed by atoms with Crippen molar-refractivity contribution in [3.63, 3.8) is 0 Å². The quantitative estimate of drug-likeness (QED) is 0.744. The van der Waals surface area contributed by atoms with Gasteiger partial charge in [0, 0.05) is 18.9 Å². The molecule has 3 aromatic rings. The highest BCUT2D eigenvalue weighted by molar-refractivity contribution is 5.94. The van der Waals surface area contributed by atoms with E-state index in [1.807, 2.05) is 54.7 Å². The van der Waals surface area contributed by atoms with Crippen LogP contribution in [0.15, 0.2) is 73.1 Å². The molecule has 0 aliphatic carbocycles. The lowest BCUT2D eigenvalue weighted by Crippen LogP contribution is -2.35. The molecular weight excluding hydrogens is 328 g/mol. The van der Waals surface area contributed by atoms with Crippen molar-refractivity contribution in [3.8, 4) is 5.69 Å². The maximum Gasteiger partial charge on any atom is 0.243 e. The van der Waals surface area contributed by atoms with Crippen molar-refractivity contribution in [2.75, 3.05) is 18.9 Å². The van der Waals surface area contributed by atoms with E-state index in [1.165, 1.54) is 4.90 Å². The topological polar surface area (TPSA) is 67.2 Å². The van der Waals surface area contributed by atoms with E-state index in [1.54, 1.807) is 30.1 Å². The normalized spacial score (nSPS) is 10.3.